The molecule has 0 unspecified atom stereocenters. The van der Waals surface area contributed by atoms with Gasteiger partial charge in [0, 0.05) is 38.0 Å². The Morgan fingerprint density at radius 2 is 2.11 bits per heavy atom. The summed E-state index contributed by atoms with van der Waals surface area (Å²) in [6.07, 6.45) is 3.35. The van der Waals surface area contributed by atoms with E-state index in [2.05, 4.69) is 32.3 Å². The first-order chi connectivity index (χ1) is 13.1. The second kappa shape index (κ2) is 13.1. The van der Waals surface area contributed by atoms with Crippen LogP contribution in [0.4, 0.5) is 0 Å². The summed E-state index contributed by atoms with van der Waals surface area (Å²) in [5.74, 6) is 3.30. The van der Waals surface area contributed by atoms with E-state index in [-0.39, 0.29) is 29.9 Å². The minimum atomic E-state index is 0. The van der Waals surface area contributed by atoms with E-state index in [1.165, 1.54) is 0 Å². The quantitative estimate of drug-likeness (QED) is 0.171. The van der Waals surface area contributed by atoms with Gasteiger partial charge in [0.05, 0.1) is 0 Å². The van der Waals surface area contributed by atoms with Crippen LogP contribution < -0.4 is 15.4 Å². The highest BCUT2D eigenvalue weighted by Crippen LogP contribution is 2.17. The fraction of sp³-hybridized carbons (Fsp3) is 0.450. The maximum atomic E-state index is 5.68. The zero-order valence-electron chi connectivity index (χ0n) is 16.8. The zero-order valence-corrected chi connectivity index (χ0v) is 19.1. The van der Waals surface area contributed by atoms with Crippen molar-refractivity contribution in [2.75, 3.05) is 20.2 Å². The lowest BCUT2D eigenvalue weighted by atomic mass is 10.2. The van der Waals surface area contributed by atoms with Gasteiger partial charge in [-0.15, -0.1) is 24.0 Å². The highest BCUT2D eigenvalue weighted by Gasteiger charge is 2.09. The Balaban J connectivity index is 0.00000392. The van der Waals surface area contributed by atoms with Crippen LogP contribution in [0.15, 0.2) is 46.4 Å². The Hall–Kier alpha value is -2.10. The molecule has 0 atom stereocenters. The molecule has 28 heavy (non-hydrogen) atoms. The summed E-state index contributed by atoms with van der Waals surface area (Å²) in [5, 5.41) is 10.6. The molecule has 0 aliphatic rings. The van der Waals surface area contributed by atoms with E-state index >= 15 is 0 Å². The monoisotopic (exact) mass is 499 g/mol. The smallest absolute Gasteiger partial charge is 0.226 e. The maximum Gasteiger partial charge on any atom is 0.226 e. The first kappa shape index (κ1) is 23.9. The summed E-state index contributed by atoms with van der Waals surface area (Å²) in [4.78, 5) is 8.64. The summed E-state index contributed by atoms with van der Waals surface area (Å²) >= 11 is 0. The molecular formula is C20H30IN5O2. The summed E-state index contributed by atoms with van der Waals surface area (Å²) < 4.78 is 10.9. The number of aryl methyl sites for hydroxylation is 1. The molecule has 2 rings (SSSR count). The highest BCUT2D eigenvalue weighted by atomic mass is 127. The molecule has 0 spiro atoms. The van der Waals surface area contributed by atoms with Gasteiger partial charge in [0.2, 0.25) is 5.89 Å². The second-order valence-corrected chi connectivity index (χ2v) is 6.36. The van der Waals surface area contributed by atoms with Crippen molar-refractivity contribution in [1.82, 2.24) is 20.8 Å². The van der Waals surface area contributed by atoms with Crippen molar-refractivity contribution in [3.05, 3.63) is 54.2 Å². The number of ether oxygens (including phenoxy) is 1. The van der Waals surface area contributed by atoms with Gasteiger partial charge in [-0.1, -0.05) is 49.9 Å². The topological polar surface area (TPSA) is 84.6 Å². The molecule has 0 saturated carbocycles. The van der Waals surface area contributed by atoms with E-state index in [9.17, 15) is 0 Å². The molecular weight excluding hydrogens is 469 g/mol. The summed E-state index contributed by atoms with van der Waals surface area (Å²) in [5.41, 5.74) is 1.06. The van der Waals surface area contributed by atoms with Crippen molar-refractivity contribution in [3.63, 3.8) is 0 Å². The van der Waals surface area contributed by atoms with Crippen LogP contribution in [0, 0.1) is 0 Å². The largest absolute Gasteiger partial charge is 0.489 e. The van der Waals surface area contributed by atoms with Crippen molar-refractivity contribution >= 4 is 29.9 Å². The minimum absolute atomic E-state index is 0. The van der Waals surface area contributed by atoms with E-state index in [0.717, 1.165) is 42.5 Å². The Labute approximate surface area is 184 Å². The zero-order chi connectivity index (χ0) is 19.5. The molecule has 2 aromatic rings. The normalized spacial score (nSPS) is 11.1. The lowest BCUT2D eigenvalue weighted by Crippen LogP contribution is -2.37. The summed E-state index contributed by atoms with van der Waals surface area (Å²) in [6.45, 7) is 9.64. The van der Waals surface area contributed by atoms with E-state index in [0.29, 0.717) is 19.0 Å². The van der Waals surface area contributed by atoms with Crippen LogP contribution in [-0.4, -0.2) is 36.3 Å². The van der Waals surface area contributed by atoms with Crippen LogP contribution in [0.2, 0.25) is 0 Å². The Morgan fingerprint density at radius 1 is 1.32 bits per heavy atom. The highest BCUT2D eigenvalue weighted by molar-refractivity contribution is 14.0. The van der Waals surface area contributed by atoms with Gasteiger partial charge in [0.1, 0.15) is 12.4 Å². The third kappa shape index (κ3) is 7.87. The number of para-hydroxylation sites is 1. The number of rotatable bonds is 10. The third-order valence-corrected chi connectivity index (χ3v) is 3.86. The van der Waals surface area contributed by atoms with Gasteiger partial charge in [-0.05, 0) is 12.5 Å². The predicted octanol–water partition coefficient (Wildman–Crippen LogP) is 3.67. The minimum Gasteiger partial charge on any atom is -0.489 e. The first-order valence-electron chi connectivity index (χ1n) is 9.22. The van der Waals surface area contributed by atoms with Gasteiger partial charge in [-0.25, -0.2) is 0 Å². The van der Waals surface area contributed by atoms with Gasteiger partial charge in [0.25, 0.3) is 0 Å². The number of nitrogens with one attached hydrogen (secondary N) is 2. The van der Waals surface area contributed by atoms with Crippen LogP contribution in [-0.2, 0) is 13.0 Å². The number of hydrogen-bond donors (Lipinski definition) is 2. The molecule has 0 radical (unpaired) electrons. The van der Waals surface area contributed by atoms with Gasteiger partial charge in [-0.3, -0.25) is 4.99 Å². The van der Waals surface area contributed by atoms with Crippen LogP contribution in [0.25, 0.3) is 0 Å². The van der Waals surface area contributed by atoms with E-state index < -0.39 is 0 Å². The number of hydrogen-bond acceptors (Lipinski definition) is 5. The predicted molar refractivity (Wildman–Crippen MR) is 122 cm³/mol. The Kier molecular flexibility index (Phi) is 11.2. The Bertz CT molecular complexity index is 746. The molecule has 0 aliphatic heterocycles. The van der Waals surface area contributed by atoms with Gasteiger partial charge < -0.3 is 19.9 Å². The van der Waals surface area contributed by atoms with Crippen LogP contribution >= 0.6 is 24.0 Å². The lowest BCUT2D eigenvalue weighted by molar-refractivity contribution is 0.358. The molecule has 154 valence electrons. The molecule has 7 nitrogen and oxygen atoms in total. The molecule has 8 heteroatoms. The van der Waals surface area contributed by atoms with Crippen LogP contribution in [0.5, 0.6) is 5.75 Å². The number of guanidine groups is 1. The first-order valence-corrected chi connectivity index (χ1v) is 9.22. The number of benzene rings is 1. The molecule has 0 bridgehead atoms. The number of nitrogens with zero attached hydrogens (tertiary/aromatic N) is 3. The molecule has 1 aromatic heterocycles. The maximum absolute atomic E-state index is 5.68. The Morgan fingerprint density at radius 3 is 2.79 bits per heavy atom. The van der Waals surface area contributed by atoms with Crippen LogP contribution in [0.3, 0.4) is 0 Å². The summed E-state index contributed by atoms with van der Waals surface area (Å²) in [7, 11) is 1.75. The van der Waals surface area contributed by atoms with Gasteiger partial charge in [-0.2, -0.15) is 4.98 Å². The van der Waals surface area contributed by atoms with Gasteiger partial charge >= 0.3 is 0 Å². The molecule has 2 N–H and O–H groups in total. The van der Waals surface area contributed by atoms with Crippen molar-refractivity contribution in [3.8, 4) is 5.75 Å². The second-order valence-electron chi connectivity index (χ2n) is 6.36. The molecule has 0 fully saturated rings. The molecule has 0 aliphatic carbocycles. The van der Waals surface area contributed by atoms with E-state index in [4.69, 9.17) is 9.26 Å². The number of halogens is 1. The van der Waals surface area contributed by atoms with Crippen LogP contribution in [0.1, 0.15) is 43.5 Å². The van der Waals surface area contributed by atoms with Crippen molar-refractivity contribution < 1.29 is 9.26 Å². The average Bonchev–Trinajstić information content (AvgIpc) is 3.16. The van der Waals surface area contributed by atoms with Crippen molar-refractivity contribution in [2.24, 2.45) is 4.99 Å². The fourth-order valence-corrected chi connectivity index (χ4v) is 2.39. The molecule has 1 aromatic carbocycles. The fourth-order valence-electron chi connectivity index (χ4n) is 2.39. The lowest BCUT2D eigenvalue weighted by Gasteiger charge is -2.14. The molecule has 0 saturated heterocycles. The molecule has 0 amide bonds. The number of aliphatic imine (C=N–C) groups is 1. The average molecular weight is 499 g/mol. The summed E-state index contributed by atoms with van der Waals surface area (Å²) in [6, 6.07) is 7.92. The number of aromatic nitrogens is 2. The van der Waals surface area contributed by atoms with Gasteiger partial charge in [0.15, 0.2) is 11.8 Å². The van der Waals surface area contributed by atoms with Crippen molar-refractivity contribution in [2.45, 2.75) is 39.2 Å². The van der Waals surface area contributed by atoms with E-state index in [1.807, 2.05) is 38.1 Å². The van der Waals surface area contributed by atoms with Crippen molar-refractivity contribution in [1.29, 1.82) is 0 Å². The molecule has 1 heterocycles. The third-order valence-electron chi connectivity index (χ3n) is 3.86. The standard InChI is InChI=1S/C20H29N5O2.HI/c1-5-13-26-17-10-7-6-9-16(17)14-23-20(21-4)22-12-8-11-18-24-19(15(2)3)25-27-18;/h5-7,9-10,15H,1,8,11-14H2,2-4H3,(H2,21,22,23);1H. The SMILES string of the molecule is C=CCOc1ccccc1CNC(=NC)NCCCc1nc(C(C)C)no1.I. The van der Waals surface area contributed by atoms with E-state index in [1.54, 1.807) is 13.1 Å².